The van der Waals surface area contributed by atoms with Gasteiger partial charge in [0.1, 0.15) is 11.4 Å². The molecule has 0 saturated carbocycles. The number of ether oxygens (including phenoxy) is 1. The minimum absolute atomic E-state index is 0.0748. The van der Waals surface area contributed by atoms with Crippen molar-refractivity contribution in [2.75, 3.05) is 26.0 Å². The van der Waals surface area contributed by atoms with Crippen molar-refractivity contribution in [1.29, 1.82) is 0 Å². The number of carboxylic acid groups (broad SMARTS) is 1. The first kappa shape index (κ1) is 12.4. The van der Waals surface area contributed by atoms with Crippen LogP contribution in [0.5, 0.6) is 5.88 Å². The zero-order valence-corrected chi connectivity index (χ0v) is 10.4. The molecule has 7 heteroatoms. The lowest BCUT2D eigenvalue weighted by molar-refractivity contribution is -0.124. The van der Waals surface area contributed by atoms with Crippen LogP contribution < -0.4 is 10.1 Å². The summed E-state index contributed by atoms with van der Waals surface area (Å²) >= 11 is 0. The number of hydrogen-bond donors (Lipinski definition) is 2. The van der Waals surface area contributed by atoms with Gasteiger partial charge in [0, 0.05) is 13.6 Å². The summed E-state index contributed by atoms with van der Waals surface area (Å²) in [5, 5.41) is 11.7. The molecule has 0 fully saturated rings. The van der Waals surface area contributed by atoms with Crippen molar-refractivity contribution >= 4 is 17.6 Å². The van der Waals surface area contributed by atoms with Crippen LogP contribution in [0.2, 0.25) is 0 Å². The number of fused-ring (bicyclic) bond motifs is 1. The molecular formula is C11H15N3O4. The van der Waals surface area contributed by atoms with Gasteiger partial charge in [-0.2, -0.15) is 0 Å². The monoisotopic (exact) mass is 253 g/mol. The van der Waals surface area contributed by atoms with E-state index in [1.54, 1.807) is 7.05 Å². The molecule has 1 unspecified atom stereocenters. The van der Waals surface area contributed by atoms with Gasteiger partial charge in [0.15, 0.2) is 6.10 Å². The van der Waals surface area contributed by atoms with E-state index in [-0.39, 0.29) is 11.6 Å². The van der Waals surface area contributed by atoms with E-state index in [9.17, 15) is 9.59 Å². The van der Waals surface area contributed by atoms with Crippen molar-refractivity contribution in [3.05, 3.63) is 11.8 Å². The topological polar surface area (TPSA) is 83.8 Å². The summed E-state index contributed by atoms with van der Waals surface area (Å²) in [5.41, 5.74) is 0.473. The number of likely N-dealkylation sites (N-methyl/N-ethyl adjacent to an activating group) is 1. The first-order chi connectivity index (χ1) is 8.40. The molecule has 0 spiro atoms. The average molecular weight is 253 g/mol. The fraction of sp³-hybridized carbons (Fsp3) is 0.455. The lowest BCUT2D eigenvalue weighted by Gasteiger charge is -2.26. The quantitative estimate of drug-likeness (QED) is 0.791. The van der Waals surface area contributed by atoms with Gasteiger partial charge in [0.2, 0.25) is 5.88 Å². The van der Waals surface area contributed by atoms with E-state index >= 15 is 0 Å². The van der Waals surface area contributed by atoms with E-state index in [0.717, 1.165) is 0 Å². The molecule has 1 aromatic heterocycles. The Morgan fingerprint density at radius 1 is 1.61 bits per heavy atom. The fourth-order valence-electron chi connectivity index (χ4n) is 1.88. The van der Waals surface area contributed by atoms with Crippen molar-refractivity contribution in [1.82, 2.24) is 9.47 Å². The molecule has 1 aliphatic heterocycles. The molecule has 18 heavy (non-hydrogen) atoms. The lowest BCUT2D eigenvalue weighted by atomic mass is 10.2. The van der Waals surface area contributed by atoms with Crippen LogP contribution in [0.4, 0.5) is 5.69 Å². The highest BCUT2D eigenvalue weighted by atomic mass is 16.5. The van der Waals surface area contributed by atoms with Crippen LogP contribution >= 0.6 is 0 Å². The van der Waals surface area contributed by atoms with Gasteiger partial charge in [0.25, 0.3) is 5.91 Å². The minimum atomic E-state index is -1.06. The molecule has 1 amide bonds. The van der Waals surface area contributed by atoms with Crippen LogP contribution in [0.15, 0.2) is 6.07 Å². The van der Waals surface area contributed by atoms with E-state index in [4.69, 9.17) is 9.84 Å². The highest BCUT2D eigenvalue weighted by molar-refractivity contribution is 5.99. The first-order valence-corrected chi connectivity index (χ1v) is 5.45. The molecule has 1 aliphatic rings. The van der Waals surface area contributed by atoms with Crippen LogP contribution in [-0.4, -0.2) is 53.2 Å². The van der Waals surface area contributed by atoms with Gasteiger partial charge < -0.3 is 24.6 Å². The zero-order chi connectivity index (χ0) is 13.4. The number of carboxylic acids is 1. The van der Waals surface area contributed by atoms with Gasteiger partial charge >= 0.3 is 5.97 Å². The third kappa shape index (κ3) is 2.04. The Kier molecular flexibility index (Phi) is 3.00. The largest absolute Gasteiger partial charge is 0.477 e. The zero-order valence-electron chi connectivity index (χ0n) is 10.4. The van der Waals surface area contributed by atoms with Crippen LogP contribution in [0.1, 0.15) is 10.5 Å². The highest BCUT2D eigenvalue weighted by Gasteiger charge is 2.32. The summed E-state index contributed by atoms with van der Waals surface area (Å²) in [6, 6.07) is 1.39. The maximum atomic E-state index is 11.8. The molecule has 0 bridgehead atoms. The molecule has 7 nitrogen and oxygen atoms in total. The molecule has 98 valence electrons. The van der Waals surface area contributed by atoms with E-state index in [2.05, 4.69) is 5.32 Å². The molecule has 0 aromatic carbocycles. The SMILES string of the molecule is CN(C)CC1Oc2c(cc(C(=O)O)n2C)NC1=O. The second kappa shape index (κ2) is 4.34. The van der Waals surface area contributed by atoms with Gasteiger partial charge in [-0.1, -0.05) is 0 Å². The number of amides is 1. The lowest BCUT2D eigenvalue weighted by Crippen LogP contribution is -2.43. The van der Waals surface area contributed by atoms with E-state index in [0.29, 0.717) is 18.1 Å². The Bertz CT molecular complexity index is 507. The molecule has 1 aromatic rings. The summed E-state index contributed by atoms with van der Waals surface area (Å²) in [6.45, 7) is 0.429. The summed E-state index contributed by atoms with van der Waals surface area (Å²) in [6.07, 6.45) is -0.636. The molecule has 1 atom stereocenters. The second-order valence-electron chi connectivity index (χ2n) is 4.47. The van der Waals surface area contributed by atoms with Crippen molar-refractivity contribution in [2.45, 2.75) is 6.10 Å². The maximum Gasteiger partial charge on any atom is 0.352 e. The van der Waals surface area contributed by atoms with Gasteiger partial charge in [-0.25, -0.2) is 4.79 Å². The highest BCUT2D eigenvalue weighted by Crippen LogP contribution is 2.32. The Balaban J connectivity index is 2.32. The molecule has 0 aliphatic carbocycles. The van der Waals surface area contributed by atoms with E-state index in [1.807, 2.05) is 19.0 Å². The van der Waals surface area contributed by atoms with Crippen molar-refractivity contribution < 1.29 is 19.4 Å². The molecular weight excluding hydrogens is 238 g/mol. The second-order valence-corrected chi connectivity index (χ2v) is 4.47. The van der Waals surface area contributed by atoms with Crippen LogP contribution in [0, 0.1) is 0 Å². The predicted octanol–water partition coefficient (Wildman–Crippen LogP) is -0.0156. The number of carbonyl (C=O) groups excluding carboxylic acids is 1. The molecule has 2 N–H and O–H groups in total. The predicted molar refractivity (Wildman–Crippen MR) is 64.0 cm³/mol. The molecule has 0 radical (unpaired) electrons. The van der Waals surface area contributed by atoms with E-state index < -0.39 is 12.1 Å². The molecule has 2 rings (SSSR count). The van der Waals surface area contributed by atoms with Gasteiger partial charge in [-0.15, -0.1) is 0 Å². The normalized spacial score (nSPS) is 18.2. The number of aromatic nitrogens is 1. The maximum absolute atomic E-state index is 11.8. The Hall–Kier alpha value is -2.02. The van der Waals surface area contributed by atoms with Crippen molar-refractivity contribution in [3.8, 4) is 5.88 Å². The number of nitrogens with one attached hydrogen (secondary N) is 1. The van der Waals surface area contributed by atoms with Crippen molar-refractivity contribution in [2.24, 2.45) is 7.05 Å². The number of carbonyl (C=O) groups is 2. The van der Waals surface area contributed by atoms with Crippen LogP contribution in [-0.2, 0) is 11.8 Å². The van der Waals surface area contributed by atoms with Crippen LogP contribution in [0.3, 0.4) is 0 Å². The molecule has 2 heterocycles. The summed E-state index contributed by atoms with van der Waals surface area (Å²) in [5.74, 6) is -0.952. The standard InChI is InChI=1S/C11H15N3O4/c1-13(2)5-8-9(15)12-6-4-7(11(16)17)14(3)10(6)18-8/h4,8H,5H2,1-3H3,(H,12,15)(H,16,17). The van der Waals surface area contributed by atoms with Crippen molar-refractivity contribution in [3.63, 3.8) is 0 Å². The number of nitrogens with zero attached hydrogens (tertiary/aromatic N) is 2. The Morgan fingerprint density at radius 3 is 2.83 bits per heavy atom. The summed E-state index contributed by atoms with van der Waals surface area (Å²) in [7, 11) is 5.26. The average Bonchev–Trinajstić information content (AvgIpc) is 2.56. The van der Waals surface area contributed by atoms with E-state index in [1.165, 1.54) is 10.6 Å². The third-order valence-electron chi connectivity index (χ3n) is 2.73. The number of hydrogen-bond acceptors (Lipinski definition) is 4. The third-order valence-corrected chi connectivity index (χ3v) is 2.73. The number of rotatable bonds is 3. The van der Waals surface area contributed by atoms with Gasteiger partial charge in [-0.05, 0) is 20.2 Å². The summed E-state index contributed by atoms with van der Waals surface area (Å²) in [4.78, 5) is 24.6. The van der Waals surface area contributed by atoms with Gasteiger partial charge in [-0.3, -0.25) is 4.79 Å². The smallest absolute Gasteiger partial charge is 0.352 e. The first-order valence-electron chi connectivity index (χ1n) is 5.45. The Morgan fingerprint density at radius 2 is 2.28 bits per heavy atom. The fourth-order valence-corrected chi connectivity index (χ4v) is 1.88. The Labute approximate surface area is 104 Å². The van der Waals surface area contributed by atoms with Crippen LogP contribution in [0.25, 0.3) is 0 Å². The number of anilines is 1. The number of aromatic carboxylic acids is 1. The summed E-state index contributed by atoms with van der Waals surface area (Å²) < 4.78 is 6.98. The van der Waals surface area contributed by atoms with Gasteiger partial charge in [0.05, 0.1) is 0 Å². The molecule has 0 saturated heterocycles. The minimum Gasteiger partial charge on any atom is -0.477 e.